The number of benzene rings is 14. The van der Waals surface area contributed by atoms with Crippen molar-refractivity contribution in [1.29, 1.82) is 0 Å². The lowest BCUT2D eigenvalue weighted by atomic mass is 9.33. The molecule has 0 spiro atoms. The number of nitrogens with zero attached hydrogens (tertiary/aromatic N) is 4. The minimum absolute atomic E-state index is 0.0119. The number of fused-ring (bicyclic) bond motifs is 12. The largest absolute Gasteiger partial charge is 0.311 e. The molecule has 4 nitrogen and oxygen atoms in total. The second kappa shape index (κ2) is 24.4. The number of hydrogen-bond acceptors (Lipinski definition) is 2. The molecule has 2 aromatic heterocycles. The van der Waals surface area contributed by atoms with Crippen molar-refractivity contribution in [1.82, 2.24) is 9.13 Å². The van der Waals surface area contributed by atoms with Gasteiger partial charge in [-0.15, -0.1) is 0 Å². The third-order valence-electron chi connectivity index (χ3n) is 25.8. The van der Waals surface area contributed by atoms with E-state index in [0.717, 1.165) is 63.0 Å². The van der Waals surface area contributed by atoms with Gasteiger partial charge in [-0.2, -0.15) is 0 Å². The first-order valence-electron chi connectivity index (χ1n) is 39.5. The number of rotatable bonds is 9. The van der Waals surface area contributed by atoms with Gasteiger partial charge in [0, 0.05) is 61.4 Å². The van der Waals surface area contributed by atoms with E-state index in [1.165, 1.54) is 152 Å². The Kier molecular flexibility index (Phi) is 15.0. The minimum atomic E-state index is -0.192. The lowest BCUT2D eigenvalue weighted by Crippen LogP contribution is -2.61. The summed E-state index contributed by atoms with van der Waals surface area (Å²) < 4.78 is 5.07. The van der Waals surface area contributed by atoms with Crippen LogP contribution in [0, 0.1) is 0 Å². The summed E-state index contributed by atoms with van der Waals surface area (Å²) in [5.74, 6) is 0. The second-order valence-electron chi connectivity index (χ2n) is 35.4. The van der Waals surface area contributed by atoms with Crippen LogP contribution < -0.4 is 26.2 Å². The smallest absolute Gasteiger partial charge is 0.252 e. The maximum absolute atomic E-state index is 2.64. The lowest BCUT2D eigenvalue weighted by molar-refractivity contribution is 0.332. The molecule has 14 aromatic carbocycles. The van der Waals surface area contributed by atoms with Crippen LogP contribution in [-0.4, -0.2) is 15.8 Å². The standard InChI is InChI=1S/C104H91BN4/c1-100(2,3)76-41-30-68(31-42-76)75-40-53-95-90(62-75)105-89-50-47-79(108-91-28-20-18-26-81(91)83-58-71(38-51-93(83)108)66-22-14-12-15-23-66)63-96(89)107(78-45-34-70(35-46-78)74-37-49-86-88(61-74)104(10,11)57-55-102(86,6)7)98-65-80(109-92-29-21-19-27-82(92)84-59-72(39-52-94(84)109)67-24-16-13-17-25-67)64-97(99(98)105)106(95)77-43-32-69(33-44-77)73-36-48-85-87(60-73)103(8,9)56-54-101(85,4)5/h12-53,58-65H,54-57H2,1-11H3. The van der Waals surface area contributed by atoms with Crippen molar-refractivity contribution in [3.63, 3.8) is 0 Å². The van der Waals surface area contributed by atoms with Crippen LogP contribution >= 0.6 is 0 Å². The average molecular weight is 1410 g/mol. The average Bonchev–Trinajstić information content (AvgIpc) is 1.44. The molecule has 0 radical (unpaired) electrons. The molecule has 0 bridgehead atoms. The Morgan fingerprint density at radius 2 is 0.615 bits per heavy atom. The third kappa shape index (κ3) is 10.8. The summed E-state index contributed by atoms with van der Waals surface area (Å²) in [4.78, 5) is 5.26. The molecular weight excluding hydrogens is 1320 g/mol. The number of para-hydroxylation sites is 2. The molecule has 2 aliphatic heterocycles. The number of aromatic nitrogens is 2. The molecule has 4 heterocycles. The van der Waals surface area contributed by atoms with Crippen molar-refractivity contribution in [3.05, 3.63) is 331 Å². The van der Waals surface area contributed by atoms with Crippen molar-refractivity contribution >= 4 is 101 Å². The van der Waals surface area contributed by atoms with Crippen LogP contribution in [0.1, 0.15) is 130 Å². The summed E-state index contributed by atoms with van der Waals surface area (Å²) in [5.41, 5.74) is 37.2. The fraction of sp³-hybridized carbons (Fsp3) is 0.192. The molecule has 0 amide bonds. The Hall–Kier alpha value is -11.7. The first kappa shape index (κ1) is 66.8. The van der Waals surface area contributed by atoms with Gasteiger partial charge in [0.1, 0.15) is 0 Å². The molecule has 4 aliphatic rings. The Morgan fingerprint density at radius 1 is 0.257 bits per heavy atom. The van der Waals surface area contributed by atoms with Crippen LogP contribution in [0.3, 0.4) is 0 Å². The van der Waals surface area contributed by atoms with E-state index in [1.807, 2.05) is 0 Å². The highest BCUT2D eigenvalue weighted by molar-refractivity contribution is 7.00. The van der Waals surface area contributed by atoms with Crippen LogP contribution in [0.25, 0.3) is 111 Å². The molecule has 0 saturated heterocycles. The van der Waals surface area contributed by atoms with Gasteiger partial charge in [-0.3, -0.25) is 0 Å². The highest BCUT2D eigenvalue weighted by Gasteiger charge is 2.45. The Labute approximate surface area is 642 Å². The third-order valence-corrected chi connectivity index (χ3v) is 25.8. The zero-order valence-electron chi connectivity index (χ0n) is 64.6. The zero-order valence-corrected chi connectivity index (χ0v) is 64.6. The van der Waals surface area contributed by atoms with Crippen molar-refractivity contribution in [2.45, 2.75) is 129 Å². The van der Waals surface area contributed by atoms with Gasteiger partial charge >= 0.3 is 0 Å². The van der Waals surface area contributed by atoms with Gasteiger partial charge in [-0.1, -0.05) is 288 Å². The maximum atomic E-state index is 2.64. The molecule has 20 rings (SSSR count). The molecule has 109 heavy (non-hydrogen) atoms. The van der Waals surface area contributed by atoms with E-state index in [1.54, 1.807) is 0 Å². The summed E-state index contributed by atoms with van der Waals surface area (Å²) in [5, 5.41) is 4.89. The molecule has 0 N–H and O–H groups in total. The highest BCUT2D eigenvalue weighted by Crippen LogP contribution is 2.52. The lowest BCUT2D eigenvalue weighted by Gasteiger charge is -2.44. The Balaban J connectivity index is 0.862. The van der Waals surface area contributed by atoms with Crippen LogP contribution in [0.2, 0.25) is 0 Å². The Morgan fingerprint density at radius 3 is 1.10 bits per heavy atom. The van der Waals surface area contributed by atoms with Crippen LogP contribution in [0.5, 0.6) is 0 Å². The molecule has 0 saturated carbocycles. The number of hydrogen-bond donors (Lipinski definition) is 0. The van der Waals surface area contributed by atoms with Gasteiger partial charge < -0.3 is 18.9 Å². The summed E-state index contributed by atoms with van der Waals surface area (Å²) >= 11 is 0. The van der Waals surface area contributed by atoms with Gasteiger partial charge in [0.25, 0.3) is 6.71 Å². The number of anilines is 6. The first-order valence-corrected chi connectivity index (χ1v) is 39.5. The summed E-state index contributed by atoms with van der Waals surface area (Å²) in [6.45, 7) is 26.2. The van der Waals surface area contributed by atoms with Gasteiger partial charge in [-0.25, -0.2) is 0 Å². The fourth-order valence-corrected chi connectivity index (χ4v) is 19.4. The van der Waals surface area contributed by atoms with Crippen molar-refractivity contribution in [2.24, 2.45) is 0 Å². The zero-order chi connectivity index (χ0) is 74.2. The van der Waals surface area contributed by atoms with E-state index in [2.05, 4.69) is 398 Å². The molecule has 5 heteroatoms. The van der Waals surface area contributed by atoms with Crippen LogP contribution in [0.4, 0.5) is 34.1 Å². The Bertz CT molecular complexity index is 6380. The summed E-state index contributed by atoms with van der Waals surface area (Å²) in [6, 6.07) is 117. The van der Waals surface area contributed by atoms with Gasteiger partial charge in [0.2, 0.25) is 0 Å². The maximum Gasteiger partial charge on any atom is 0.252 e. The van der Waals surface area contributed by atoms with Crippen molar-refractivity contribution < 1.29 is 0 Å². The van der Waals surface area contributed by atoms with E-state index >= 15 is 0 Å². The topological polar surface area (TPSA) is 16.3 Å². The molecular formula is C104H91BN4. The van der Waals surface area contributed by atoms with Gasteiger partial charge in [0.15, 0.2) is 0 Å². The molecule has 0 atom stereocenters. The fourth-order valence-electron chi connectivity index (χ4n) is 19.4. The van der Waals surface area contributed by atoms with E-state index in [0.29, 0.717) is 0 Å². The van der Waals surface area contributed by atoms with E-state index in [4.69, 9.17) is 0 Å². The quantitative estimate of drug-likeness (QED) is 0.134. The molecule has 0 unspecified atom stereocenters. The van der Waals surface area contributed by atoms with E-state index in [-0.39, 0.29) is 33.8 Å². The highest BCUT2D eigenvalue weighted by atomic mass is 15.2. The predicted molar refractivity (Wildman–Crippen MR) is 466 cm³/mol. The van der Waals surface area contributed by atoms with Gasteiger partial charge in [0.05, 0.1) is 27.8 Å². The van der Waals surface area contributed by atoms with Crippen LogP contribution in [-0.2, 0) is 27.1 Å². The normalized spacial score (nSPS) is 15.8. The second-order valence-corrected chi connectivity index (χ2v) is 35.4. The summed E-state index contributed by atoms with van der Waals surface area (Å²) in [6.07, 6.45) is 4.69. The molecule has 0 fully saturated rings. The molecule has 2 aliphatic carbocycles. The predicted octanol–water partition coefficient (Wildman–Crippen LogP) is 26.3. The molecule has 16 aromatic rings. The monoisotopic (exact) mass is 1410 g/mol. The summed E-state index contributed by atoms with van der Waals surface area (Å²) in [7, 11) is 0. The first-order chi connectivity index (χ1) is 52.6. The van der Waals surface area contributed by atoms with Crippen LogP contribution in [0.15, 0.2) is 303 Å². The minimum Gasteiger partial charge on any atom is -0.311 e. The SMILES string of the molecule is CC(C)(C)c1ccc(-c2ccc3c(c2)B2c4ccc(-n5c6ccccc6c6cc(-c7ccccc7)ccc65)cc4N(c4ccc(-c5ccc6c(c5)C(C)(C)CCC6(C)C)cc4)c4cc(-n5c6ccccc6c6cc(-c7ccccc7)ccc65)cc(c42)N3c2ccc(-c3ccc4c(c3)C(C)(C)CCC4(C)C)cc2)cc1. The van der Waals surface area contributed by atoms with E-state index in [9.17, 15) is 0 Å². The van der Waals surface area contributed by atoms with Crippen molar-refractivity contribution in [3.8, 4) is 67.0 Å². The molecule has 530 valence electrons. The van der Waals surface area contributed by atoms with E-state index < -0.39 is 0 Å². The van der Waals surface area contributed by atoms with Crippen molar-refractivity contribution in [2.75, 3.05) is 9.80 Å². The van der Waals surface area contributed by atoms with Gasteiger partial charge in [-0.05, 0) is 244 Å².